The van der Waals surface area contributed by atoms with Crippen LogP contribution >= 0.6 is 0 Å². The number of rotatable bonds is 4. The van der Waals surface area contributed by atoms with Gasteiger partial charge in [0.2, 0.25) is 0 Å². The van der Waals surface area contributed by atoms with Crippen LogP contribution in [0.15, 0.2) is 60.7 Å². The molecule has 3 aliphatic heterocycles. The highest BCUT2D eigenvalue weighted by molar-refractivity contribution is 6.11. The molecule has 3 saturated heterocycles. The summed E-state index contributed by atoms with van der Waals surface area (Å²) in [6.45, 7) is 3.03. The second kappa shape index (κ2) is 6.15. The van der Waals surface area contributed by atoms with Gasteiger partial charge in [0.1, 0.15) is 0 Å². The van der Waals surface area contributed by atoms with E-state index in [0.717, 1.165) is 5.56 Å². The van der Waals surface area contributed by atoms with E-state index in [1.165, 1.54) is 12.7 Å². The molecule has 0 saturated carbocycles. The Bertz CT molecular complexity index is 964. The molecule has 0 N–H and O–H groups in total. The molecule has 0 unspecified atom stereocenters. The van der Waals surface area contributed by atoms with Gasteiger partial charge in [0.15, 0.2) is 11.2 Å². The van der Waals surface area contributed by atoms with Crippen LogP contribution in [-0.4, -0.2) is 47.3 Å². The normalized spacial score (nSPS) is 35.4. The molecular formula is C23H23NO5. The van der Waals surface area contributed by atoms with E-state index in [0.29, 0.717) is 19.5 Å². The number of hydrogen-bond acceptors (Lipinski definition) is 6. The van der Waals surface area contributed by atoms with Gasteiger partial charge in [0.05, 0.1) is 7.11 Å². The first-order valence-electron chi connectivity index (χ1n) is 9.81. The van der Waals surface area contributed by atoms with Crippen molar-refractivity contribution in [2.45, 2.75) is 42.7 Å². The lowest BCUT2D eigenvalue weighted by Gasteiger charge is -2.46. The number of ether oxygens (including phenoxy) is 3. The molecule has 0 bridgehead atoms. The van der Waals surface area contributed by atoms with Crippen LogP contribution in [0.25, 0.3) is 0 Å². The van der Waals surface area contributed by atoms with E-state index in [4.69, 9.17) is 14.2 Å². The van der Waals surface area contributed by atoms with Crippen molar-refractivity contribution in [1.82, 2.24) is 4.90 Å². The highest BCUT2D eigenvalue weighted by Crippen LogP contribution is 2.68. The molecule has 2 aromatic carbocycles. The summed E-state index contributed by atoms with van der Waals surface area (Å²) in [5, 5.41) is 0. The molecule has 0 amide bonds. The van der Waals surface area contributed by atoms with E-state index in [-0.39, 0.29) is 6.04 Å². The number of epoxide rings is 1. The molecule has 6 heteroatoms. The lowest BCUT2D eigenvalue weighted by molar-refractivity contribution is -0.179. The Hall–Kier alpha value is -2.70. The number of nitrogens with zero attached hydrogens (tertiary/aromatic N) is 1. The van der Waals surface area contributed by atoms with Gasteiger partial charge < -0.3 is 14.2 Å². The fourth-order valence-electron chi connectivity index (χ4n) is 5.16. The lowest BCUT2D eigenvalue weighted by atomic mass is 9.72. The third-order valence-corrected chi connectivity index (χ3v) is 6.63. The zero-order valence-electron chi connectivity index (χ0n) is 16.5. The quantitative estimate of drug-likeness (QED) is 0.452. The molecule has 29 heavy (non-hydrogen) atoms. The Balaban J connectivity index is 1.55. The Morgan fingerprint density at radius 2 is 1.79 bits per heavy atom. The van der Waals surface area contributed by atoms with Gasteiger partial charge in [0, 0.05) is 25.6 Å². The number of esters is 2. The molecule has 0 aromatic heterocycles. The van der Waals surface area contributed by atoms with Gasteiger partial charge in [-0.25, -0.2) is 9.59 Å². The van der Waals surface area contributed by atoms with Crippen molar-refractivity contribution in [1.29, 1.82) is 0 Å². The maximum atomic E-state index is 12.7. The molecule has 1 spiro atoms. The van der Waals surface area contributed by atoms with Crippen molar-refractivity contribution in [3.05, 3.63) is 71.8 Å². The van der Waals surface area contributed by atoms with Gasteiger partial charge in [0.25, 0.3) is 5.60 Å². The van der Waals surface area contributed by atoms with Crippen molar-refractivity contribution >= 4 is 11.9 Å². The summed E-state index contributed by atoms with van der Waals surface area (Å²) in [4.78, 5) is 27.6. The fourth-order valence-corrected chi connectivity index (χ4v) is 5.16. The smallest absolute Gasteiger partial charge is 0.354 e. The predicted molar refractivity (Wildman–Crippen MR) is 104 cm³/mol. The van der Waals surface area contributed by atoms with E-state index in [9.17, 15) is 9.59 Å². The van der Waals surface area contributed by atoms with Crippen LogP contribution in [0, 0.1) is 0 Å². The molecular weight excluding hydrogens is 370 g/mol. The van der Waals surface area contributed by atoms with E-state index in [1.54, 1.807) is 0 Å². The molecule has 6 nitrogen and oxygen atoms in total. The molecule has 150 valence electrons. The maximum Gasteiger partial charge on any atom is 0.354 e. The molecule has 0 aliphatic carbocycles. The van der Waals surface area contributed by atoms with E-state index in [2.05, 4.69) is 29.2 Å². The number of methoxy groups -OCH3 is 1. The van der Waals surface area contributed by atoms with Gasteiger partial charge in [-0.2, -0.15) is 0 Å². The molecule has 3 heterocycles. The number of likely N-dealkylation sites (tertiary alicyclic amines) is 1. The summed E-state index contributed by atoms with van der Waals surface area (Å²) >= 11 is 0. The number of carbonyl (C=O) groups excluding carboxylic acids is 2. The van der Waals surface area contributed by atoms with Crippen molar-refractivity contribution in [3.8, 4) is 0 Å². The summed E-state index contributed by atoms with van der Waals surface area (Å²) in [5.74, 6) is -1.31. The highest BCUT2D eigenvalue weighted by Gasteiger charge is 2.94. The summed E-state index contributed by atoms with van der Waals surface area (Å²) < 4.78 is 16.7. The first-order valence-corrected chi connectivity index (χ1v) is 9.81. The van der Waals surface area contributed by atoms with Crippen LogP contribution in [0.5, 0.6) is 0 Å². The largest absolute Gasteiger partial charge is 0.466 e. The molecule has 0 radical (unpaired) electrons. The van der Waals surface area contributed by atoms with Crippen LogP contribution in [0.2, 0.25) is 0 Å². The zero-order chi connectivity index (χ0) is 20.3. The van der Waals surface area contributed by atoms with Crippen molar-refractivity contribution in [2.24, 2.45) is 0 Å². The lowest BCUT2D eigenvalue weighted by Crippen LogP contribution is -2.58. The Morgan fingerprint density at radius 1 is 1.14 bits per heavy atom. The Kier molecular flexibility index (Phi) is 3.89. The van der Waals surface area contributed by atoms with Crippen LogP contribution in [0.4, 0.5) is 0 Å². The van der Waals surface area contributed by atoms with Crippen LogP contribution in [-0.2, 0) is 30.3 Å². The Morgan fingerprint density at radius 3 is 2.45 bits per heavy atom. The number of hydrogen-bond donors (Lipinski definition) is 0. The topological polar surface area (TPSA) is 68.4 Å². The van der Waals surface area contributed by atoms with E-state index >= 15 is 0 Å². The minimum Gasteiger partial charge on any atom is -0.466 e. The summed E-state index contributed by atoms with van der Waals surface area (Å²) in [5.41, 5.74) is -1.26. The van der Waals surface area contributed by atoms with E-state index in [1.807, 2.05) is 43.3 Å². The van der Waals surface area contributed by atoms with Gasteiger partial charge in [-0.05, 0) is 18.1 Å². The minimum atomic E-state index is -1.64. The van der Waals surface area contributed by atoms with Gasteiger partial charge in [-0.3, -0.25) is 4.90 Å². The second-order valence-electron chi connectivity index (χ2n) is 8.24. The number of benzene rings is 2. The molecule has 3 fully saturated rings. The Labute approximate surface area is 169 Å². The van der Waals surface area contributed by atoms with Crippen LogP contribution < -0.4 is 0 Å². The average Bonchev–Trinajstić information content (AvgIpc) is 3.38. The highest BCUT2D eigenvalue weighted by atomic mass is 16.7. The molecule has 4 atom stereocenters. The third-order valence-electron chi connectivity index (χ3n) is 6.63. The first-order chi connectivity index (χ1) is 14.0. The zero-order valence-corrected chi connectivity index (χ0v) is 16.5. The first kappa shape index (κ1) is 18.3. The van der Waals surface area contributed by atoms with Gasteiger partial charge >= 0.3 is 11.9 Å². The molecule has 3 aliphatic rings. The average molecular weight is 393 g/mol. The standard InChI is InChI=1S/C23H23NO5/c1-21-15-24(14-16-9-5-3-6-10-16)18(17-11-7-4-8-12-17)13-22(21)23(29-22,19(25)27-2)20(26)28-21/h3-12,18H,13-15H2,1-2H3/t18-,21-,22-,23+/m0/s1. The monoisotopic (exact) mass is 393 g/mol. The van der Waals surface area contributed by atoms with Gasteiger partial charge in [-0.15, -0.1) is 0 Å². The summed E-state index contributed by atoms with van der Waals surface area (Å²) in [7, 11) is 1.27. The van der Waals surface area contributed by atoms with Crippen molar-refractivity contribution in [3.63, 3.8) is 0 Å². The SMILES string of the molecule is COC(=O)[C@]12O[C@]13C[C@@H](c1ccccc1)N(Cc1ccccc1)C[C@]3(C)OC2=O. The number of carbonyl (C=O) groups is 2. The van der Waals surface area contributed by atoms with Crippen LogP contribution in [0.3, 0.4) is 0 Å². The third kappa shape index (κ3) is 2.36. The van der Waals surface area contributed by atoms with Gasteiger partial charge in [-0.1, -0.05) is 60.7 Å². The number of piperidine rings is 1. The van der Waals surface area contributed by atoms with Crippen molar-refractivity contribution < 1.29 is 23.8 Å². The molecule has 5 rings (SSSR count). The summed E-state index contributed by atoms with van der Waals surface area (Å²) in [6.07, 6.45) is 0.473. The summed E-state index contributed by atoms with van der Waals surface area (Å²) in [6, 6.07) is 20.3. The molecule has 2 aromatic rings. The van der Waals surface area contributed by atoms with E-state index < -0.39 is 28.7 Å². The van der Waals surface area contributed by atoms with Crippen molar-refractivity contribution in [2.75, 3.05) is 13.7 Å². The maximum absolute atomic E-state index is 12.7. The predicted octanol–water partition coefficient (Wildman–Crippen LogP) is 2.63. The minimum absolute atomic E-state index is 0.0227. The second-order valence-corrected chi connectivity index (χ2v) is 8.24. The van der Waals surface area contributed by atoms with Crippen LogP contribution in [0.1, 0.15) is 30.5 Å². The fraction of sp³-hybridized carbons (Fsp3) is 0.391.